The lowest BCUT2D eigenvalue weighted by molar-refractivity contribution is -0.149. The van der Waals surface area contributed by atoms with Gasteiger partial charge in [-0.25, -0.2) is 4.79 Å². The third-order valence-corrected chi connectivity index (χ3v) is 4.45. The number of carbonyl (C=O) groups excluding carboxylic acids is 1. The van der Waals surface area contributed by atoms with Gasteiger partial charge in [0.05, 0.1) is 12.9 Å². The molecule has 0 saturated heterocycles. The Morgan fingerprint density at radius 3 is 1.72 bits per heavy atom. The van der Waals surface area contributed by atoms with Crippen LogP contribution >= 0.6 is 0 Å². The molecule has 0 spiro atoms. The largest absolute Gasteiger partial charge is 0.433 e. The number of allylic oxidation sites excluding steroid dienone is 1. The summed E-state index contributed by atoms with van der Waals surface area (Å²) in [6.45, 7) is 1.66. The number of hydrogen-bond acceptors (Lipinski definition) is 4. The lowest BCUT2D eigenvalue weighted by Crippen LogP contribution is -2.24. The van der Waals surface area contributed by atoms with Gasteiger partial charge in [0.1, 0.15) is 0 Å². The minimum Gasteiger partial charge on any atom is -0.433 e. The summed E-state index contributed by atoms with van der Waals surface area (Å²) in [4.78, 5) is 11.1. The zero-order chi connectivity index (χ0) is 18.6. The predicted octanol–water partition coefficient (Wildman–Crippen LogP) is 5.27. The first kappa shape index (κ1) is 24.1. The SMILES string of the molecule is CCCCCCCCCCCCCCCCC=COC(=O)C(O)CO. The maximum absolute atomic E-state index is 11.1. The molecule has 2 N–H and O–H groups in total. The molecular formula is C21H40O4. The van der Waals surface area contributed by atoms with Crippen molar-refractivity contribution in [2.75, 3.05) is 6.61 Å². The number of aliphatic hydroxyl groups excluding tert-OH is 2. The van der Waals surface area contributed by atoms with E-state index in [1.54, 1.807) is 6.08 Å². The van der Waals surface area contributed by atoms with E-state index < -0.39 is 18.7 Å². The van der Waals surface area contributed by atoms with Crippen molar-refractivity contribution in [2.24, 2.45) is 0 Å². The van der Waals surface area contributed by atoms with Gasteiger partial charge < -0.3 is 14.9 Å². The summed E-state index contributed by atoms with van der Waals surface area (Å²) in [5, 5.41) is 17.6. The van der Waals surface area contributed by atoms with E-state index in [9.17, 15) is 4.79 Å². The zero-order valence-electron chi connectivity index (χ0n) is 16.3. The third kappa shape index (κ3) is 17.7. The van der Waals surface area contributed by atoms with E-state index in [0.717, 1.165) is 12.8 Å². The zero-order valence-corrected chi connectivity index (χ0v) is 16.3. The van der Waals surface area contributed by atoms with E-state index >= 15 is 0 Å². The quantitative estimate of drug-likeness (QED) is 0.199. The Bertz CT molecular complexity index is 315. The average molecular weight is 357 g/mol. The first-order chi connectivity index (χ1) is 12.2. The number of rotatable bonds is 18. The van der Waals surface area contributed by atoms with Crippen LogP contribution in [0.25, 0.3) is 0 Å². The Kier molecular flexibility index (Phi) is 18.8. The molecule has 4 nitrogen and oxygen atoms in total. The summed E-state index contributed by atoms with van der Waals surface area (Å²) in [5.74, 6) is -0.806. The maximum atomic E-state index is 11.1. The highest BCUT2D eigenvalue weighted by atomic mass is 16.5. The molecular weight excluding hydrogens is 316 g/mol. The molecule has 25 heavy (non-hydrogen) atoms. The van der Waals surface area contributed by atoms with Gasteiger partial charge in [-0.3, -0.25) is 0 Å². The lowest BCUT2D eigenvalue weighted by Gasteiger charge is -2.03. The fourth-order valence-corrected chi connectivity index (χ4v) is 2.79. The standard InChI is InChI=1S/C21H40O4/c1-2-3-4-5-6-7-8-9-10-11-12-13-14-15-16-17-18-25-21(24)20(23)19-22/h17-18,20,22-23H,2-16,19H2,1H3. The molecule has 0 aliphatic heterocycles. The molecule has 0 bridgehead atoms. The molecule has 4 heteroatoms. The van der Waals surface area contributed by atoms with Crippen LogP contribution in [-0.4, -0.2) is 28.9 Å². The van der Waals surface area contributed by atoms with Crippen molar-refractivity contribution in [1.82, 2.24) is 0 Å². The topological polar surface area (TPSA) is 66.8 Å². The van der Waals surface area contributed by atoms with Gasteiger partial charge >= 0.3 is 5.97 Å². The predicted molar refractivity (Wildman–Crippen MR) is 103 cm³/mol. The van der Waals surface area contributed by atoms with Crippen LogP contribution in [0.1, 0.15) is 103 Å². The van der Waals surface area contributed by atoms with E-state index in [0.29, 0.717) is 0 Å². The molecule has 0 rings (SSSR count). The fourth-order valence-electron chi connectivity index (χ4n) is 2.79. The lowest BCUT2D eigenvalue weighted by atomic mass is 10.0. The van der Waals surface area contributed by atoms with Crippen molar-refractivity contribution in [3.8, 4) is 0 Å². The first-order valence-electron chi connectivity index (χ1n) is 10.4. The molecule has 0 aliphatic rings. The average Bonchev–Trinajstić information content (AvgIpc) is 2.63. The number of hydrogen-bond donors (Lipinski definition) is 2. The van der Waals surface area contributed by atoms with Gasteiger partial charge in [-0.1, -0.05) is 90.4 Å². The van der Waals surface area contributed by atoms with Crippen molar-refractivity contribution >= 4 is 5.97 Å². The van der Waals surface area contributed by atoms with Gasteiger partial charge in [-0.2, -0.15) is 0 Å². The van der Waals surface area contributed by atoms with Crippen molar-refractivity contribution in [3.63, 3.8) is 0 Å². The Labute approximate surface area is 154 Å². The summed E-state index contributed by atoms with van der Waals surface area (Å²) in [5.41, 5.74) is 0. The molecule has 0 amide bonds. The Morgan fingerprint density at radius 1 is 0.840 bits per heavy atom. The summed E-state index contributed by atoms with van der Waals surface area (Å²) >= 11 is 0. The summed E-state index contributed by atoms with van der Waals surface area (Å²) < 4.78 is 4.68. The van der Waals surface area contributed by atoms with Crippen LogP contribution in [0.15, 0.2) is 12.3 Å². The number of carbonyl (C=O) groups is 1. The third-order valence-electron chi connectivity index (χ3n) is 4.45. The van der Waals surface area contributed by atoms with E-state index in [2.05, 4.69) is 11.7 Å². The van der Waals surface area contributed by atoms with Crippen LogP contribution in [0.4, 0.5) is 0 Å². The first-order valence-corrected chi connectivity index (χ1v) is 10.4. The summed E-state index contributed by atoms with van der Waals surface area (Å²) in [6.07, 6.45) is 21.3. The fraction of sp³-hybridized carbons (Fsp3) is 0.857. The minimum atomic E-state index is -1.44. The van der Waals surface area contributed by atoms with Gasteiger partial charge in [0, 0.05) is 0 Å². The van der Waals surface area contributed by atoms with Gasteiger partial charge in [-0.05, 0) is 18.9 Å². The van der Waals surface area contributed by atoms with Gasteiger partial charge in [0.25, 0.3) is 0 Å². The van der Waals surface area contributed by atoms with Gasteiger partial charge in [0.2, 0.25) is 0 Å². The van der Waals surface area contributed by atoms with Crippen molar-refractivity contribution in [1.29, 1.82) is 0 Å². The number of esters is 1. The highest BCUT2D eigenvalue weighted by Crippen LogP contribution is 2.13. The van der Waals surface area contributed by atoms with Crippen LogP contribution in [0.2, 0.25) is 0 Å². The van der Waals surface area contributed by atoms with Gasteiger partial charge in [-0.15, -0.1) is 0 Å². The summed E-state index contributed by atoms with van der Waals surface area (Å²) in [7, 11) is 0. The molecule has 0 aromatic rings. The van der Waals surface area contributed by atoms with Crippen LogP contribution in [0, 0.1) is 0 Å². The van der Waals surface area contributed by atoms with E-state index in [-0.39, 0.29) is 0 Å². The Balaban J connectivity index is 3.17. The molecule has 1 atom stereocenters. The monoisotopic (exact) mass is 356 g/mol. The van der Waals surface area contributed by atoms with Crippen molar-refractivity contribution in [2.45, 2.75) is 109 Å². The van der Waals surface area contributed by atoms with Gasteiger partial charge in [0.15, 0.2) is 6.10 Å². The second-order valence-electron chi connectivity index (χ2n) is 6.89. The van der Waals surface area contributed by atoms with Crippen LogP contribution in [0.3, 0.4) is 0 Å². The van der Waals surface area contributed by atoms with Crippen molar-refractivity contribution < 1.29 is 19.7 Å². The molecule has 0 heterocycles. The molecule has 0 aliphatic carbocycles. The Morgan fingerprint density at radius 2 is 1.28 bits per heavy atom. The molecule has 148 valence electrons. The number of ether oxygens (including phenoxy) is 1. The second-order valence-corrected chi connectivity index (χ2v) is 6.89. The highest BCUT2D eigenvalue weighted by Gasteiger charge is 2.13. The molecule has 0 aromatic carbocycles. The molecule has 0 fully saturated rings. The smallest absolute Gasteiger partial charge is 0.342 e. The highest BCUT2D eigenvalue weighted by molar-refractivity contribution is 5.74. The normalized spacial score (nSPS) is 12.6. The number of aliphatic hydroxyl groups is 2. The summed E-state index contributed by atoms with van der Waals surface area (Å²) in [6, 6.07) is 0. The van der Waals surface area contributed by atoms with Crippen LogP contribution in [-0.2, 0) is 9.53 Å². The molecule has 0 saturated carbocycles. The Hall–Kier alpha value is -0.870. The number of unbranched alkanes of at least 4 members (excludes halogenated alkanes) is 14. The maximum Gasteiger partial charge on any atom is 0.342 e. The van der Waals surface area contributed by atoms with Crippen LogP contribution in [0.5, 0.6) is 0 Å². The van der Waals surface area contributed by atoms with Crippen molar-refractivity contribution in [3.05, 3.63) is 12.3 Å². The minimum absolute atomic E-state index is 0.606. The second kappa shape index (κ2) is 19.5. The molecule has 0 radical (unpaired) electrons. The molecule has 0 aromatic heterocycles. The van der Waals surface area contributed by atoms with E-state index in [1.807, 2.05) is 0 Å². The molecule has 1 unspecified atom stereocenters. The van der Waals surface area contributed by atoms with Crippen LogP contribution < -0.4 is 0 Å². The van der Waals surface area contributed by atoms with E-state index in [4.69, 9.17) is 10.2 Å². The van der Waals surface area contributed by atoms with E-state index in [1.165, 1.54) is 89.7 Å².